The first-order chi connectivity index (χ1) is 8.04. The Labute approximate surface area is 109 Å². The highest BCUT2D eigenvalue weighted by Gasteiger charge is 2.35. The van der Waals surface area contributed by atoms with Crippen LogP contribution >= 0.6 is 0 Å². The van der Waals surface area contributed by atoms with E-state index in [4.69, 9.17) is 0 Å². The van der Waals surface area contributed by atoms with E-state index in [2.05, 4.69) is 0 Å². The third-order valence-corrected chi connectivity index (χ3v) is 6.24. The zero-order chi connectivity index (χ0) is 14.0. The van der Waals surface area contributed by atoms with Crippen LogP contribution in [0.25, 0.3) is 0 Å². The molecule has 1 N–H and O–H groups in total. The lowest BCUT2D eigenvalue weighted by molar-refractivity contribution is 0.0334. The summed E-state index contributed by atoms with van der Waals surface area (Å²) in [5.74, 6) is -0.823. The first kappa shape index (κ1) is 15.9. The third kappa shape index (κ3) is 4.83. The summed E-state index contributed by atoms with van der Waals surface area (Å²) in [6.45, 7) is 0.0408. The molecule has 0 spiro atoms. The van der Waals surface area contributed by atoms with E-state index in [1.807, 2.05) is 0 Å². The Hall–Kier alpha value is -0.180. The Kier molecular flexibility index (Phi) is 4.80. The van der Waals surface area contributed by atoms with Gasteiger partial charge in [0, 0.05) is 19.8 Å². The normalized spacial score (nSPS) is 20.4. The summed E-state index contributed by atoms with van der Waals surface area (Å²) in [6, 6.07) is 0. The van der Waals surface area contributed by atoms with Crippen LogP contribution in [0.15, 0.2) is 0 Å². The van der Waals surface area contributed by atoms with Crippen molar-refractivity contribution in [2.45, 2.75) is 31.3 Å². The summed E-state index contributed by atoms with van der Waals surface area (Å²) in [5, 5.41) is 10.1. The van der Waals surface area contributed by atoms with Crippen molar-refractivity contribution in [1.29, 1.82) is 0 Å². The van der Waals surface area contributed by atoms with Crippen LogP contribution < -0.4 is 0 Å². The molecule has 1 fully saturated rings. The highest BCUT2D eigenvalue weighted by molar-refractivity contribution is 7.93. The molecule has 0 bridgehead atoms. The van der Waals surface area contributed by atoms with Gasteiger partial charge in [-0.25, -0.2) is 21.1 Å². The molecule has 0 radical (unpaired) electrons. The minimum atomic E-state index is -3.62. The number of sulfone groups is 1. The van der Waals surface area contributed by atoms with Crippen molar-refractivity contribution in [3.05, 3.63) is 0 Å². The number of hydrogen-bond donors (Lipinski definition) is 1. The molecule has 0 aromatic heterocycles. The average Bonchev–Trinajstić information content (AvgIpc) is 2.61. The van der Waals surface area contributed by atoms with Gasteiger partial charge in [0.2, 0.25) is 10.0 Å². The Bertz CT molecular complexity index is 476. The van der Waals surface area contributed by atoms with Crippen LogP contribution in [-0.2, 0) is 19.9 Å². The van der Waals surface area contributed by atoms with Crippen LogP contribution in [0.2, 0.25) is 0 Å². The molecule has 108 valence electrons. The van der Waals surface area contributed by atoms with Gasteiger partial charge in [-0.3, -0.25) is 0 Å². The minimum absolute atomic E-state index is 0.0408. The smallest absolute Gasteiger partial charge is 0.214 e. The SMILES string of the molecule is CN(CC1(O)CCCC1)S(=O)(=O)CCS(C)(=O)=O. The molecule has 0 aliphatic heterocycles. The van der Waals surface area contributed by atoms with Crippen molar-refractivity contribution >= 4 is 19.9 Å². The molecule has 1 saturated carbocycles. The van der Waals surface area contributed by atoms with Crippen LogP contribution in [0.5, 0.6) is 0 Å². The summed E-state index contributed by atoms with van der Waals surface area (Å²) in [7, 11) is -5.54. The molecule has 8 heteroatoms. The first-order valence-corrected chi connectivity index (χ1v) is 9.55. The highest BCUT2D eigenvalue weighted by atomic mass is 32.2. The van der Waals surface area contributed by atoms with Gasteiger partial charge in [0.05, 0.1) is 17.1 Å². The van der Waals surface area contributed by atoms with E-state index in [0.29, 0.717) is 12.8 Å². The highest BCUT2D eigenvalue weighted by Crippen LogP contribution is 2.30. The molecule has 0 aromatic carbocycles. The molecule has 0 heterocycles. The quantitative estimate of drug-likeness (QED) is 0.720. The van der Waals surface area contributed by atoms with E-state index in [1.165, 1.54) is 7.05 Å². The maximum Gasteiger partial charge on any atom is 0.214 e. The van der Waals surface area contributed by atoms with Gasteiger partial charge in [-0.1, -0.05) is 12.8 Å². The molecule has 0 amide bonds. The van der Waals surface area contributed by atoms with Gasteiger partial charge in [-0.05, 0) is 12.8 Å². The second-order valence-electron chi connectivity index (χ2n) is 5.13. The third-order valence-electron chi connectivity index (χ3n) is 3.24. The number of rotatable bonds is 6. The van der Waals surface area contributed by atoms with Gasteiger partial charge in [0.1, 0.15) is 9.84 Å². The molecule has 1 aliphatic carbocycles. The molecule has 0 unspecified atom stereocenters. The summed E-state index contributed by atoms with van der Waals surface area (Å²) in [6.07, 6.45) is 3.99. The van der Waals surface area contributed by atoms with E-state index in [-0.39, 0.29) is 6.54 Å². The molecule has 0 saturated heterocycles. The molecular weight excluding hydrogens is 278 g/mol. The maximum atomic E-state index is 11.9. The maximum absolute atomic E-state index is 11.9. The van der Waals surface area contributed by atoms with E-state index < -0.39 is 37.0 Å². The Morgan fingerprint density at radius 1 is 1.11 bits per heavy atom. The van der Waals surface area contributed by atoms with Crippen molar-refractivity contribution in [3.8, 4) is 0 Å². The summed E-state index contributed by atoms with van der Waals surface area (Å²) >= 11 is 0. The van der Waals surface area contributed by atoms with Gasteiger partial charge in [-0.15, -0.1) is 0 Å². The predicted molar refractivity (Wildman–Crippen MR) is 69.5 cm³/mol. The fourth-order valence-electron chi connectivity index (χ4n) is 2.12. The second kappa shape index (κ2) is 5.44. The Morgan fingerprint density at radius 3 is 2.06 bits per heavy atom. The van der Waals surface area contributed by atoms with E-state index in [1.54, 1.807) is 0 Å². The molecule has 1 rings (SSSR count). The zero-order valence-electron chi connectivity index (χ0n) is 10.8. The van der Waals surface area contributed by atoms with Crippen LogP contribution in [0, 0.1) is 0 Å². The van der Waals surface area contributed by atoms with Crippen molar-refractivity contribution < 1.29 is 21.9 Å². The van der Waals surface area contributed by atoms with Gasteiger partial charge in [-0.2, -0.15) is 0 Å². The van der Waals surface area contributed by atoms with Gasteiger partial charge >= 0.3 is 0 Å². The second-order valence-corrected chi connectivity index (χ2v) is 9.59. The van der Waals surface area contributed by atoms with Crippen molar-refractivity contribution in [2.24, 2.45) is 0 Å². The summed E-state index contributed by atoms with van der Waals surface area (Å²) in [5.41, 5.74) is -0.951. The topological polar surface area (TPSA) is 91.8 Å². The van der Waals surface area contributed by atoms with E-state index >= 15 is 0 Å². The lowest BCUT2D eigenvalue weighted by Crippen LogP contribution is -2.43. The molecule has 0 aromatic rings. The van der Waals surface area contributed by atoms with Crippen molar-refractivity contribution in [1.82, 2.24) is 4.31 Å². The summed E-state index contributed by atoms with van der Waals surface area (Å²) in [4.78, 5) is 0. The van der Waals surface area contributed by atoms with Gasteiger partial charge in [0.15, 0.2) is 0 Å². The van der Waals surface area contributed by atoms with Crippen molar-refractivity contribution in [2.75, 3.05) is 31.4 Å². The lowest BCUT2D eigenvalue weighted by Gasteiger charge is -2.28. The number of aliphatic hydroxyl groups is 1. The van der Waals surface area contributed by atoms with Gasteiger partial charge < -0.3 is 5.11 Å². The standard InChI is InChI=1S/C10H21NO5S2/c1-11(9-10(12)5-3-4-6-10)18(15,16)8-7-17(2,13)14/h12H,3-9H2,1-2H3. The predicted octanol–water partition coefficient (Wildman–Crippen LogP) is -0.402. The monoisotopic (exact) mass is 299 g/mol. The molecule has 1 aliphatic rings. The van der Waals surface area contributed by atoms with E-state index in [9.17, 15) is 21.9 Å². The fourth-order valence-corrected chi connectivity index (χ4v) is 4.92. The number of sulfonamides is 1. The zero-order valence-corrected chi connectivity index (χ0v) is 12.4. The van der Waals surface area contributed by atoms with Gasteiger partial charge in [0.25, 0.3) is 0 Å². The Morgan fingerprint density at radius 2 is 1.61 bits per heavy atom. The molecule has 18 heavy (non-hydrogen) atoms. The minimum Gasteiger partial charge on any atom is -0.389 e. The first-order valence-electron chi connectivity index (χ1n) is 5.88. The van der Waals surface area contributed by atoms with Crippen LogP contribution in [0.1, 0.15) is 25.7 Å². The molecule has 0 atom stereocenters. The molecule has 6 nitrogen and oxygen atoms in total. The summed E-state index contributed by atoms with van der Waals surface area (Å²) < 4.78 is 46.7. The van der Waals surface area contributed by atoms with Crippen molar-refractivity contribution in [3.63, 3.8) is 0 Å². The van der Waals surface area contributed by atoms with Crippen LogP contribution in [0.4, 0.5) is 0 Å². The number of likely N-dealkylation sites (N-methyl/N-ethyl adjacent to an activating group) is 1. The average molecular weight is 299 g/mol. The lowest BCUT2D eigenvalue weighted by atomic mass is 10.0. The Balaban J connectivity index is 2.62. The number of nitrogens with zero attached hydrogens (tertiary/aromatic N) is 1. The van der Waals surface area contributed by atoms with Crippen LogP contribution in [0.3, 0.4) is 0 Å². The largest absolute Gasteiger partial charge is 0.389 e. The van der Waals surface area contributed by atoms with E-state index in [0.717, 1.165) is 23.4 Å². The fraction of sp³-hybridized carbons (Fsp3) is 1.00. The molecular formula is C10H21NO5S2. The van der Waals surface area contributed by atoms with Crippen LogP contribution in [-0.4, -0.2) is 63.2 Å². The number of hydrogen-bond acceptors (Lipinski definition) is 5.